The predicted molar refractivity (Wildman–Crippen MR) is 103 cm³/mol. The summed E-state index contributed by atoms with van der Waals surface area (Å²) in [4.78, 5) is 12.7. The molecule has 0 spiro atoms. The highest BCUT2D eigenvalue weighted by Gasteiger charge is 2.19. The minimum Gasteiger partial charge on any atom is -0.493 e. The summed E-state index contributed by atoms with van der Waals surface area (Å²) in [5, 5.41) is 15.6. The third-order valence-corrected chi connectivity index (χ3v) is 3.64. The molecule has 0 unspecified atom stereocenters. The van der Waals surface area contributed by atoms with Gasteiger partial charge < -0.3 is 14.8 Å². The van der Waals surface area contributed by atoms with Crippen LogP contribution in [0.1, 0.15) is 49.5 Å². The van der Waals surface area contributed by atoms with Gasteiger partial charge in [0, 0.05) is 36.9 Å². The third-order valence-electron chi connectivity index (χ3n) is 3.64. The second-order valence-electron chi connectivity index (χ2n) is 7.25. The van der Waals surface area contributed by atoms with Crippen LogP contribution in [-0.2, 0) is 7.05 Å². The van der Waals surface area contributed by atoms with E-state index in [0.29, 0.717) is 42.3 Å². The van der Waals surface area contributed by atoms with E-state index in [1.54, 1.807) is 36.1 Å². The van der Waals surface area contributed by atoms with E-state index in [-0.39, 0.29) is 5.91 Å². The maximum atomic E-state index is 12.7. The van der Waals surface area contributed by atoms with Crippen LogP contribution in [0.25, 0.3) is 0 Å². The molecule has 1 aromatic heterocycles. The second-order valence-corrected chi connectivity index (χ2v) is 7.25. The molecule has 0 aliphatic carbocycles. The minimum absolute atomic E-state index is 0.297. The number of amides is 1. The SMILES string of the molecule is Cc1c(OCCCC#N)cc(C(=O)Nc2ccn(C)n2)cc1OC(C)(C)C. The Morgan fingerprint density at radius 1 is 1.33 bits per heavy atom. The van der Waals surface area contributed by atoms with Crippen LogP contribution in [0.4, 0.5) is 5.82 Å². The molecule has 1 heterocycles. The molecule has 1 aromatic carbocycles. The van der Waals surface area contributed by atoms with Crippen molar-refractivity contribution in [2.45, 2.75) is 46.1 Å². The topological polar surface area (TPSA) is 89.2 Å². The van der Waals surface area contributed by atoms with Crippen molar-refractivity contribution < 1.29 is 14.3 Å². The number of aryl methyl sites for hydroxylation is 1. The maximum Gasteiger partial charge on any atom is 0.257 e. The number of hydrogen-bond donors (Lipinski definition) is 1. The first kappa shape index (κ1) is 20.3. The molecule has 0 fully saturated rings. The van der Waals surface area contributed by atoms with E-state index >= 15 is 0 Å². The van der Waals surface area contributed by atoms with Crippen LogP contribution in [0.5, 0.6) is 11.5 Å². The number of carbonyl (C=O) groups excluding carboxylic acids is 1. The molecular formula is C20H26N4O3. The second kappa shape index (κ2) is 8.58. The number of benzene rings is 1. The smallest absolute Gasteiger partial charge is 0.257 e. The van der Waals surface area contributed by atoms with Crippen LogP contribution in [0.2, 0.25) is 0 Å². The summed E-state index contributed by atoms with van der Waals surface area (Å²) in [6, 6.07) is 7.21. The Labute approximate surface area is 159 Å². The summed E-state index contributed by atoms with van der Waals surface area (Å²) < 4.78 is 13.4. The summed E-state index contributed by atoms with van der Waals surface area (Å²) in [7, 11) is 1.78. The third kappa shape index (κ3) is 6.03. The number of ether oxygens (including phenoxy) is 2. The van der Waals surface area contributed by atoms with Crippen molar-refractivity contribution >= 4 is 11.7 Å². The Kier molecular flexibility index (Phi) is 6.45. The molecule has 2 aromatic rings. The monoisotopic (exact) mass is 370 g/mol. The molecule has 0 aliphatic heterocycles. The van der Waals surface area contributed by atoms with Crippen molar-refractivity contribution in [2.24, 2.45) is 7.05 Å². The summed E-state index contributed by atoms with van der Waals surface area (Å²) in [6.45, 7) is 8.12. The predicted octanol–water partition coefficient (Wildman–Crippen LogP) is 3.84. The van der Waals surface area contributed by atoms with Crippen molar-refractivity contribution in [1.29, 1.82) is 5.26 Å². The number of aromatic nitrogens is 2. The van der Waals surface area contributed by atoms with Gasteiger partial charge in [0.1, 0.15) is 17.1 Å². The highest BCUT2D eigenvalue weighted by Crippen LogP contribution is 2.32. The highest BCUT2D eigenvalue weighted by atomic mass is 16.5. The molecule has 0 aliphatic rings. The summed E-state index contributed by atoms with van der Waals surface area (Å²) in [6.07, 6.45) is 2.79. The molecule has 0 bridgehead atoms. The van der Waals surface area contributed by atoms with E-state index < -0.39 is 5.60 Å². The molecule has 0 saturated heterocycles. The fourth-order valence-corrected chi connectivity index (χ4v) is 2.38. The van der Waals surface area contributed by atoms with E-state index in [1.807, 2.05) is 27.7 Å². The first-order valence-corrected chi connectivity index (χ1v) is 8.84. The Morgan fingerprint density at radius 3 is 2.63 bits per heavy atom. The van der Waals surface area contributed by atoms with Gasteiger partial charge in [-0.15, -0.1) is 0 Å². The van der Waals surface area contributed by atoms with E-state index in [0.717, 1.165) is 5.56 Å². The number of carbonyl (C=O) groups is 1. The van der Waals surface area contributed by atoms with Crippen LogP contribution in [0, 0.1) is 18.3 Å². The van der Waals surface area contributed by atoms with Gasteiger partial charge in [0.2, 0.25) is 0 Å². The zero-order valence-corrected chi connectivity index (χ0v) is 16.5. The van der Waals surface area contributed by atoms with Gasteiger partial charge >= 0.3 is 0 Å². The number of anilines is 1. The standard InChI is InChI=1S/C20H26N4O3/c1-14-16(26-11-7-6-9-21)12-15(13-17(14)27-20(2,3)4)19(25)22-18-8-10-24(5)23-18/h8,10,12-13H,6-7,11H2,1-5H3,(H,22,23,25). The molecule has 7 nitrogen and oxygen atoms in total. The number of rotatable bonds is 7. The Balaban J connectivity index is 2.29. The van der Waals surface area contributed by atoms with Gasteiger partial charge in [0.15, 0.2) is 5.82 Å². The summed E-state index contributed by atoms with van der Waals surface area (Å²) in [5.41, 5.74) is 0.816. The molecule has 0 saturated carbocycles. The normalized spacial score (nSPS) is 11.0. The molecule has 144 valence electrons. The molecule has 2 rings (SSSR count). The zero-order valence-electron chi connectivity index (χ0n) is 16.5. The Hall–Kier alpha value is -3.01. The average Bonchev–Trinajstić information content (AvgIpc) is 2.98. The van der Waals surface area contributed by atoms with Crippen molar-refractivity contribution in [3.8, 4) is 17.6 Å². The molecule has 7 heteroatoms. The van der Waals surface area contributed by atoms with Crippen LogP contribution in [0.3, 0.4) is 0 Å². The lowest BCUT2D eigenvalue weighted by atomic mass is 10.1. The number of nitrogens with one attached hydrogen (secondary N) is 1. The van der Waals surface area contributed by atoms with E-state index in [1.165, 1.54) is 0 Å². The zero-order chi connectivity index (χ0) is 20.0. The molecule has 1 amide bonds. The first-order valence-electron chi connectivity index (χ1n) is 8.84. The largest absolute Gasteiger partial charge is 0.493 e. The van der Waals surface area contributed by atoms with E-state index in [4.69, 9.17) is 14.7 Å². The van der Waals surface area contributed by atoms with Crippen LogP contribution < -0.4 is 14.8 Å². The Morgan fingerprint density at radius 2 is 2.04 bits per heavy atom. The summed E-state index contributed by atoms with van der Waals surface area (Å²) >= 11 is 0. The van der Waals surface area contributed by atoms with Gasteiger partial charge in [-0.1, -0.05) is 0 Å². The van der Waals surface area contributed by atoms with Crippen molar-refractivity contribution in [3.63, 3.8) is 0 Å². The molecule has 0 radical (unpaired) electrons. The number of nitrogens with zero attached hydrogens (tertiary/aromatic N) is 3. The maximum absolute atomic E-state index is 12.7. The van der Waals surface area contributed by atoms with Crippen molar-refractivity contribution in [2.75, 3.05) is 11.9 Å². The number of nitriles is 1. The van der Waals surface area contributed by atoms with Gasteiger partial charge in [0.25, 0.3) is 5.91 Å². The average molecular weight is 370 g/mol. The fourth-order valence-electron chi connectivity index (χ4n) is 2.38. The Bertz CT molecular complexity index is 844. The van der Waals surface area contributed by atoms with Gasteiger partial charge in [-0.3, -0.25) is 9.48 Å². The number of unbranched alkanes of at least 4 members (excludes halogenated alkanes) is 1. The molecule has 1 N–H and O–H groups in total. The number of hydrogen-bond acceptors (Lipinski definition) is 5. The van der Waals surface area contributed by atoms with Gasteiger partial charge in [-0.05, 0) is 46.2 Å². The first-order chi connectivity index (χ1) is 12.7. The molecule has 0 atom stereocenters. The lowest BCUT2D eigenvalue weighted by Gasteiger charge is -2.24. The highest BCUT2D eigenvalue weighted by molar-refractivity contribution is 6.04. The lowest BCUT2D eigenvalue weighted by Crippen LogP contribution is -2.24. The van der Waals surface area contributed by atoms with Crippen molar-refractivity contribution in [3.05, 3.63) is 35.5 Å². The molecule has 27 heavy (non-hydrogen) atoms. The van der Waals surface area contributed by atoms with Crippen LogP contribution >= 0.6 is 0 Å². The van der Waals surface area contributed by atoms with E-state index in [2.05, 4.69) is 16.5 Å². The quantitative estimate of drug-likeness (QED) is 0.748. The van der Waals surface area contributed by atoms with Gasteiger partial charge in [0.05, 0.1) is 12.7 Å². The van der Waals surface area contributed by atoms with Gasteiger partial charge in [-0.2, -0.15) is 10.4 Å². The molecular weight excluding hydrogens is 344 g/mol. The van der Waals surface area contributed by atoms with Crippen LogP contribution in [-0.4, -0.2) is 27.9 Å². The van der Waals surface area contributed by atoms with Crippen molar-refractivity contribution in [1.82, 2.24) is 9.78 Å². The lowest BCUT2D eigenvalue weighted by molar-refractivity contribution is 0.102. The summed E-state index contributed by atoms with van der Waals surface area (Å²) in [5.74, 6) is 1.33. The van der Waals surface area contributed by atoms with Gasteiger partial charge in [-0.25, -0.2) is 0 Å². The fraction of sp³-hybridized carbons (Fsp3) is 0.450. The van der Waals surface area contributed by atoms with E-state index in [9.17, 15) is 4.79 Å². The minimum atomic E-state index is -0.418. The van der Waals surface area contributed by atoms with Crippen LogP contribution in [0.15, 0.2) is 24.4 Å².